The average molecular weight is 225 g/mol. The fourth-order valence-corrected chi connectivity index (χ4v) is 1.94. The first-order valence-corrected chi connectivity index (χ1v) is 6.43. The Morgan fingerprint density at radius 2 is 2.53 bits per heavy atom. The molecule has 1 atom stereocenters. The normalized spacial score (nSPS) is 12.6. The van der Waals surface area contributed by atoms with Gasteiger partial charge in [-0.25, -0.2) is 0 Å². The van der Waals surface area contributed by atoms with E-state index in [1.807, 2.05) is 30.0 Å². The van der Waals surface area contributed by atoms with Crippen LogP contribution in [0.3, 0.4) is 0 Å². The SMILES string of the molecule is C=CCSCCNC(C)Cc1ccco1. The van der Waals surface area contributed by atoms with Crippen molar-refractivity contribution in [3.63, 3.8) is 0 Å². The van der Waals surface area contributed by atoms with Gasteiger partial charge in [0.2, 0.25) is 0 Å². The first-order valence-electron chi connectivity index (χ1n) is 5.27. The van der Waals surface area contributed by atoms with Crippen molar-refractivity contribution in [1.29, 1.82) is 0 Å². The molecule has 1 unspecified atom stereocenters. The van der Waals surface area contributed by atoms with Gasteiger partial charge in [-0.1, -0.05) is 6.08 Å². The lowest BCUT2D eigenvalue weighted by molar-refractivity contribution is 0.463. The van der Waals surface area contributed by atoms with Gasteiger partial charge in [0.1, 0.15) is 5.76 Å². The van der Waals surface area contributed by atoms with Crippen LogP contribution in [-0.2, 0) is 6.42 Å². The summed E-state index contributed by atoms with van der Waals surface area (Å²) in [5.41, 5.74) is 0. The van der Waals surface area contributed by atoms with Crippen molar-refractivity contribution in [1.82, 2.24) is 5.32 Å². The predicted octanol–water partition coefficient (Wildman–Crippen LogP) is 2.72. The van der Waals surface area contributed by atoms with Crippen LogP contribution >= 0.6 is 11.8 Å². The Labute approximate surface area is 96.1 Å². The summed E-state index contributed by atoms with van der Waals surface area (Å²) in [5, 5.41) is 3.46. The molecule has 0 aromatic carbocycles. The van der Waals surface area contributed by atoms with Gasteiger partial charge in [0.05, 0.1) is 6.26 Å². The van der Waals surface area contributed by atoms with Crippen molar-refractivity contribution in [2.75, 3.05) is 18.1 Å². The van der Waals surface area contributed by atoms with E-state index in [1.165, 1.54) is 0 Å². The number of furan rings is 1. The quantitative estimate of drug-likeness (QED) is 0.544. The van der Waals surface area contributed by atoms with E-state index in [-0.39, 0.29) is 0 Å². The summed E-state index contributed by atoms with van der Waals surface area (Å²) in [6.07, 6.45) is 4.62. The van der Waals surface area contributed by atoms with Crippen molar-refractivity contribution in [3.8, 4) is 0 Å². The molecule has 3 heteroatoms. The molecule has 1 aromatic rings. The van der Waals surface area contributed by atoms with Crippen molar-refractivity contribution in [2.45, 2.75) is 19.4 Å². The maximum Gasteiger partial charge on any atom is 0.105 e. The van der Waals surface area contributed by atoms with Gasteiger partial charge >= 0.3 is 0 Å². The van der Waals surface area contributed by atoms with Crippen LogP contribution in [0.4, 0.5) is 0 Å². The van der Waals surface area contributed by atoms with Crippen LogP contribution in [0.2, 0.25) is 0 Å². The molecule has 0 spiro atoms. The minimum Gasteiger partial charge on any atom is -0.469 e. The molecular formula is C12H19NOS. The van der Waals surface area contributed by atoms with E-state index < -0.39 is 0 Å². The molecule has 15 heavy (non-hydrogen) atoms. The van der Waals surface area contributed by atoms with Gasteiger partial charge in [0, 0.05) is 30.5 Å². The first-order chi connectivity index (χ1) is 7.33. The van der Waals surface area contributed by atoms with Crippen molar-refractivity contribution < 1.29 is 4.42 Å². The van der Waals surface area contributed by atoms with Gasteiger partial charge < -0.3 is 9.73 Å². The summed E-state index contributed by atoms with van der Waals surface area (Å²) < 4.78 is 5.29. The Hall–Kier alpha value is -0.670. The molecule has 0 aliphatic carbocycles. The van der Waals surface area contributed by atoms with Crippen LogP contribution in [0, 0.1) is 0 Å². The predicted molar refractivity (Wildman–Crippen MR) is 67.4 cm³/mol. The number of hydrogen-bond acceptors (Lipinski definition) is 3. The molecule has 1 rings (SSSR count). The Morgan fingerprint density at radius 3 is 3.20 bits per heavy atom. The Morgan fingerprint density at radius 1 is 1.67 bits per heavy atom. The summed E-state index contributed by atoms with van der Waals surface area (Å²) in [7, 11) is 0. The van der Waals surface area contributed by atoms with Gasteiger partial charge in [0.25, 0.3) is 0 Å². The summed E-state index contributed by atoms with van der Waals surface area (Å²) in [5.74, 6) is 3.22. The summed E-state index contributed by atoms with van der Waals surface area (Å²) >= 11 is 1.90. The van der Waals surface area contributed by atoms with E-state index in [0.717, 1.165) is 30.2 Å². The third-order valence-electron chi connectivity index (χ3n) is 2.06. The zero-order chi connectivity index (χ0) is 10.9. The van der Waals surface area contributed by atoms with Crippen LogP contribution < -0.4 is 5.32 Å². The van der Waals surface area contributed by atoms with Crippen LogP contribution in [0.5, 0.6) is 0 Å². The Balaban J connectivity index is 2.03. The molecule has 84 valence electrons. The van der Waals surface area contributed by atoms with Crippen molar-refractivity contribution in [3.05, 3.63) is 36.8 Å². The van der Waals surface area contributed by atoms with Crippen LogP contribution in [0.15, 0.2) is 35.5 Å². The zero-order valence-electron chi connectivity index (χ0n) is 9.24. The maximum absolute atomic E-state index is 5.29. The highest BCUT2D eigenvalue weighted by molar-refractivity contribution is 7.99. The smallest absolute Gasteiger partial charge is 0.105 e. The summed E-state index contributed by atoms with van der Waals surface area (Å²) in [4.78, 5) is 0. The molecule has 0 aliphatic heterocycles. The van der Waals surface area contributed by atoms with Gasteiger partial charge in [-0.15, -0.1) is 6.58 Å². The third kappa shape index (κ3) is 5.70. The standard InChI is InChI=1S/C12H19NOS/c1-3-8-15-9-6-13-11(2)10-12-5-4-7-14-12/h3-5,7,11,13H,1,6,8-10H2,2H3. The number of rotatable bonds is 8. The van der Waals surface area contributed by atoms with Crippen LogP contribution in [0.1, 0.15) is 12.7 Å². The monoisotopic (exact) mass is 225 g/mol. The minimum atomic E-state index is 0.473. The third-order valence-corrected chi connectivity index (χ3v) is 3.03. The first kappa shape index (κ1) is 12.4. The number of thioether (sulfide) groups is 1. The molecule has 1 heterocycles. The molecule has 0 bridgehead atoms. The van der Waals surface area contributed by atoms with Crippen LogP contribution in [0.25, 0.3) is 0 Å². The van der Waals surface area contributed by atoms with E-state index in [1.54, 1.807) is 6.26 Å². The van der Waals surface area contributed by atoms with E-state index in [2.05, 4.69) is 18.8 Å². The van der Waals surface area contributed by atoms with E-state index in [0.29, 0.717) is 6.04 Å². The molecule has 0 aliphatic rings. The lowest BCUT2D eigenvalue weighted by Crippen LogP contribution is -2.29. The van der Waals surface area contributed by atoms with Crippen molar-refractivity contribution >= 4 is 11.8 Å². The Bertz CT molecular complexity index is 259. The second-order valence-electron chi connectivity index (χ2n) is 3.50. The minimum absolute atomic E-state index is 0.473. The molecule has 2 nitrogen and oxygen atoms in total. The van der Waals surface area contributed by atoms with E-state index >= 15 is 0 Å². The molecule has 1 aromatic heterocycles. The van der Waals surface area contributed by atoms with Gasteiger partial charge in [-0.3, -0.25) is 0 Å². The second kappa shape index (κ2) is 7.60. The fourth-order valence-electron chi connectivity index (χ4n) is 1.35. The maximum atomic E-state index is 5.29. The summed E-state index contributed by atoms with van der Waals surface area (Å²) in [6, 6.07) is 4.42. The van der Waals surface area contributed by atoms with E-state index in [4.69, 9.17) is 4.42 Å². The molecule has 0 fully saturated rings. The molecule has 0 saturated carbocycles. The lowest BCUT2D eigenvalue weighted by atomic mass is 10.2. The highest BCUT2D eigenvalue weighted by Gasteiger charge is 2.03. The second-order valence-corrected chi connectivity index (χ2v) is 4.65. The van der Waals surface area contributed by atoms with Gasteiger partial charge in [0.15, 0.2) is 0 Å². The van der Waals surface area contributed by atoms with Gasteiger partial charge in [-0.2, -0.15) is 11.8 Å². The van der Waals surface area contributed by atoms with Gasteiger partial charge in [-0.05, 0) is 19.1 Å². The van der Waals surface area contributed by atoms with Crippen molar-refractivity contribution in [2.24, 2.45) is 0 Å². The highest BCUT2D eigenvalue weighted by Crippen LogP contribution is 2.04. The lowest BCUT2D eigenvalue weighted by Gasteiger charge is -2.11. The largest absolute Gasteiger partial charge is 0.469 e. The molecule has 1 N–H and O–H groups in total. The molecule has 0 saturated heterocycles. The molecule has 0 amide bonds. The molecular weight excluding hydrogens is 206 g/mol. The zero-order valence-corrected chi connectivity index (χ0v) is 10.1. The number of hydrogen-bond donors (Lipinski definition) is 1. The fraction of sp³-hybridized carbons (Fsp3) is 0.500. The molecule has 0 radical (unpaired) electrons. The van der Waals surface area contributed by atoms with Crippen LogP contribution in [-0.4, -0.2) is 24.1 Å². The summed E-state index contributed by atoms with van der Waals surface area (Å²) in [6.45, 7) is 6.91. The highest BCUT2D eigenvalue weighted by atomic mass is 32.2. The van der Waals surface area contributed by atoms with E-state index in [9.17, 15) is 0 Å². The Kier molecular flexibility index (Phi) is 6.28. The average Bonchev–Trinajstić information content (AvgIpc) is 2.70. The number of nitrogens with one attached hydrogen (secondary N) is 1. The topological polar surface area (TPSA) is 25.2 Å².